The third-order valence-corrected chi connectivity index (χ3v) is 7.43. The molecule has 0 spiro atoms. The molecule has 4 nitrogen and oxygen atoms in total. The van der Waals surface area contributed by atoms with Crippen molar-refractivity contribution in [2.45, 2.75) is 110 Å². The molecule has 0 unspecified atom stereocenters. The van der Waals surface area contributed by atoms with Gasteiger partial charge in [0.1, 0.15) is 12.3 Å². The van der Waals surface area contributed by atoms with Gasteiger partial charge in [-0.1, -0.05) is 120 Å². The zero-order valence-electron chi connectivity index (χ0n) is 25.3. The summed E-state index contributed by atoms with van der Waals surface area (Å²) in [5, 5.41) is 0. The Hall–Kier alpha value is -2.33. The van der Waals surface area contributed by atoms with E-state index in [0.29, 0.717) is 26.1 Å². The number of esters is 1. The number of rotatable bonds is 23. The molecular formula is C35H56NO3+. The molecule has 0 amide bonds. The van der Waals surface area contributed by atoms with Crippen molar-refractivity contribution < 1.29 is 18.8 Å². The van der Waals surface area contributed by atoms with E-state index in [9.17, 15) is 4.79 Å². The summed E-state index contributed by atoms with van der Waals surface area (Å²) in [6.07, 6.45) is 18.1. The first kappa shape index (κ1) is 32.9. The number of aryl methyl sites for hydroxylation is 1. The number of hydrogen-bond donors (Lipinski definition) is 0. The lowest BCUT2D eigenvalue weighted by Gasteiger charge is -2.29. The van der Waals surface area contributed by atoms with Crippen molar-refractivity contribution in [2.75, 3.05) is 33.9 Å². The monoisotopic (exact) mass is 538 g/mol. The van der Waals surface area contributed by atoms with E-state index in [1.165, 1.54) is 81.8 Å². The smallest absolute Gasteiger partial charge is 0.306 e. The fourth-order valence-electron chi connectivity index (χ4n) is 5.14. The molecule has 0 radical (unpaired) electrons. The van der Waals surface area contributed by atoms with Crippen LogP contribution in [0, 0.1) is 0 Å². The summed E-state index contributed by atoms with van der Waals surface area (Å²) in [6, 6.07) is 18.9. The maximum absolute atomic E-state index is 12.2. The fraction of sp³-hybridized carbons (Fsp3) is 0.629. The van der Waals surface area contributed by atoms with Crippen molar-refractivity contribution in [3.05, 3.63) is 65.7 Å². The van der Waals surface area contributed by atoms with Gasteiger partial charge in [0.25, 0.3) is 0 Å². The number of ether oxygens (including phenoxy) is 2. The third kappa shape index (κ3) is 16.4. The van der Waals surface area contributed by atoms with E-state index in [0.717, 1.165) is 36.2 Å². The molecule has 39 heavy (non-hydrogen) atoms. The van der Waals surface area contributed by atoms with Gasteiger partial charge in [0.05, 0.1) is 40.3 Å². The Labute approximate surface area is 239 Å². The molecule has 0 heterocycles. The van der Waals surface area contributed by atoms with Gasteiger partial charge in [-0.2, -0.15) is 0 Å². The molecule has 0 aliphatic heterocycles. The van der Waals surface area contributed by atoms with Gasteiger partial charge in [0.15, 0.2) is 0 Å². The first-order chi connectivity index (χ1) is 19.0. The summed E-state index contributed by atoms with van der Waals surface area (Å²) in [6.45, 7) is 5.18. The highest BCUT2D eigenvalue weighted by Crippen LogP contribution is 2.21. The van der Waals surface area contributed by atoms with Crippen LogP contribution < -0.4 is 4.74 Å². The molecule has 2 aromatic rings. The van der Waals surface area contributed by atoms with E-state index in [2.05, 4.69) is 63.5 Å². The quantitative estimate of drug-likeness (QED) is 0.0805. The van der Waals surface area contributed by atoms with Crippen molar-refractivity contribution in [1.82, 2.24) is 0 Å². The maximum Gasteiger partial charge on any atom is 0.306 e. The number of quaternary nitrogens is 1. The minimum absolute atomic E-state index is 0.105. The number of benzene rings is 2. The number of nitrogens with zero attached hydrogens (tertiary/aromatic N) is 1. The molecule has 0 atom stereocenters. The summed E-state index contributed by atoms with van der Waals surface area (Å²) in [4.78, 5) is 12.2. The van der Waals surface area contributed by atoms with Gasteiger partial charge >= 0.3 is 5.97 Å². The van der Waals surface area contributed by atoms with Gasteiger partial charge in [0, 0.05) is 18.4 Å². The zero-order valence-corrected chi connectivity index (χ0v) is 25.3. The molecule has 2 aromatic carbocycles. The molecule has 0 saturated carbocycles. The summed E-state index contributed by atoms with van der Waals surface area (Å²) >= 11 is 0. The molecule has 0 aromatic heterocycles. The van der Waals surface area contributed by atoms with Crippen molar-refractivity contribution in [3.8, 4) is 5.75 Å². The normalized spacial score (nSPS) is 11.5. The summed E-state index contributed by atoms with van der Waals surface area (Å²) in [5.74, 6) is 0.876. The van der Waals surface area contributed by atoms with Gasteiger partial charge in [-0.05, 0) is 24.5 Å². The number of hydrogen-bond acceptors (Lipinski definition) is 3. The summed E-state index contributed by atoms with van der Waals surface area (Å²) in [5.41, 5.74) is 2.62. The number of unbranched alkanes of at least 4 members (excludes halogenated alkanes) is 10. The van der Waals surface area contributed by atoms with Crippen LogP contribution in [0.25, 0.3) is 0 Å². The number of carbonyl (C=O) groups is 1. The van der Waals surface area contributed by atoms with Crippen LogP contribution in [0.5, 0.6) is 5.75 Å². The van der Waals surface area contributed by atoms with Gasteiger partial charge in [0.2, 0.25) is 0 Å². The van der Waals surface area contributed by atoms with Crippen LogP contribution in [0.4, 0.5) is 0 Å². The van der Waals surface area contributed by atoms with Crippen molar-refractivity contribution in [3.63, 3.8) is 0 Å². The molecule has 0 fully saturated rings. The van der Waals surface area contributed by atoms with E-state index in [4.69, 9.17) is 9.47 Å². The van der Waals surface area contributed by atoms with Crippen molar-refractivity contribution >= 4 is 5.97 Å². The third-order valence-electron chi connectivity index (χ3n) is 7.43. The molecule has 0 saturated heterocycles. The second-order valence-corrected chi connectivity index (χ2v) is 11.7. The maximum atomic E-state index is 12.2. The zero-order chi connectivity index (χ0) is 28.0. The average molecular weight is 539 g/mol. The molecule has 0 aliphatic rings. The Kier molecular flexibility index (Phi) is 17.3. The Bertz CT molecular complexity index is 880. The highest BCUT2D eigenvalue weighted by atomic mass is 16.5. The summed E-state index contributed by atoms with van der Waals surface area (Å²) in [7, 11) is 4.43. The van der Waals surface area contributed by atoms with Crippen molar-refractivity contribution in [2.24, 2.45) is 0 Å². The molecule has 218 valence electrons. The Morgan fingerprint density at radius 3 is 2.00 bits per heavy atom. The molecule has 0 bridgehead atoms. The standard InChI is InChI=1S/C35H56NO3/c1-4-5-6-7-8-9-10-11-12-13-17-24-33-25-18-19-26-34(33)38-29-21-30-39-35(37)27-20-28-36(2,3)31-32-22-15-14-16-23-32/h14-16,18-19,22-23,25-26H,4-13,17,20-21,24,27-31H2,1-3H3/q+1. The van der Waals surface area contributed by atoms with Crippen LogP contribution in [0.3, 0.4) is 0 Å². The molecular weight excluding hydrogens is 482 g/mol. The molecule has 2 rings (SSSR count). The first-order valence-corrected chi connectivity index (χ1v) is 15.7. The SMILES string of the molecule is CCCCCCCCCCCCCc1ccccc1OCCCOC(=O)CCC[N+](C)(C)Cc1ccccc1. The minimum Gasteiger partial charge on any atom is -0.493 e. The lowest BCUT2D eigenvalue weighted by atomic mass is 10.0. The van der Waals surface area contributed by atoms with Gasteiger partial charge < -0.3 is 14.0 Å². The first-order valence-electron chi connectivity index (χ1n) is 15.7. The van der Waals surface area contributed by atoms with E-state index >= 15 is 0 Å². The van der Waals surface area contributed by atoms with Gasteiger partial charge in [-0.3, -0.25) is 4.79 Å². The Balaban J connectivity index is 1.50. The Morgan fingerprint density at radius 1 is 0.692 bits per heavy atom. The second kappa shape index (κ2) is 20.6. The van der Waals surface area contributed by atoms with Crippen LogP contribution in [-0.4, -0.2) is 44.3 Å². The summed E-state index contributed by atoms with van der Waals surface area (Å²) < 4.78 is 12.4. The molecule has 0 aliphatic carbocycles. The lowest BCUT2D eigenvalue weighted by molar-refractivity contribution is -0.903. The highest BCUT2D eigenvalue weighted by molar-refractivity contribution is 5.69. The van der Waals surface area contributed by atoms with Gasteiger partial charge in [-0.15, -0.1) is 0 Å². The van der Waals surface area contributed by atoms with Crippen LogP contribution >= 0.6 is 0 Å². The highest BCUT2D eigenvalue weighted by Gasteiger charge is 2.16. The molecule has 0 N–H and O–H groups in total. The lowest BCUT2D eigenvalue weighted by Crippen LogP contribution is -2.39. The number of para-hydroxylation sites is 1. The van der Waals surface area contributed by atoms with Crippen molar-refractivity contribution in [1.29, 1.82) is 0 Å². The fourth-order valence-corrected chi connectivity index (χ4v) is 5.14. The van der Waals surface area contributed by atoms with E-state index in [-0.39, 0.29) is 5.97 Å². The predicted octanol–water partition coefficient (Wildman–Crippen LogP) is 8.91. The topological polar surface area (TPSA) is 35.5 Å². The van der Waals surface area contributed by atoms with Crippen LogP contribution in [0.2, 0.25) is 0 Å². The Morgan fingerprint density at radius 2 is 1.31 bits per heavy atom. The minimum atomic E-state index is -0.105. The van der Waals surface area contributed by atoms with E-state index in [1.54, 1.807) is 0 Å². The van der Waals surface area contributed by atoms with Crippen LogP contribution in [0.1, 0.15) is 108 Å². The predicted molar refractivity (Wildman–Crippen MR) is 164 cm³/mol. The van der Waals surface area contributed by atoms with E-state index in [1.807, 2.05) is 12.1 Å². The van der Waals surface area contributed by atoms with Crippen LogP contribution in [0.15, 0.2) is 54.6 Å². The van der Waals surface area contributed by atoms with Crippen LogP contribution in [-0.2, 0) is 22.5 Å². The average Bonchev–Trinajstić information content (AvgIpc) is 2.92. The number of carbonyl (C=O) groups excluding carboxylic acids is 1. The second-order valence-electron chi connectivity index (χ2n) is 11.7. The largest absolute Gasteiger partial charge is 0.493 e. The molecule has 4 heteroatoms. The van der Waals surface area contributed by atoms with E-state index < -0.39 is 0 Å². The van der Waals surface area contributed by atoms with Gasteiger partial charge in [-0.25, -0.2) is 0 Å².